The van der Waals surface area contributed by atoms with E-state index in [1.807, 2.05) is 64.5 Å². The van der Waals surface area contributed by atoms with Crippen molar-refractivity contribution in [2.24, 2.45) is 10.9 Å². The number of fused-ring (bicyclic) bond motifs is 2. The molecule has 2 heterocycles. The van der Waals surface area contributed by atoms with Crippen LogP contribution in [-0.4, -0.2) is 134 Å². The van der Waals surface area contributed by atoms with E-state index in [2.05, 4.69) is 43.9 Å². The van der Waals surface area contributed by atoms with Crippen LogP contribution in [0.3, 0.4) is 0 Å². The standard InChI is InChI=1S/C50H54N6O9.C11H19NO4/c1-51-28-49(59)53-38-17-15-33(16-18-38)32-65-50(60)56(29-40-22-35-12-7-9-14-43(35)55(40)3)44-26-48(46(62-5)24-37(44)31-58)64-20-10-19-63-47-25-41(36(30-57)23-45(47)61-4)52-27-39-21-34-11-6-8-13-42(34)54(39)2;1-8(2)9(7-13)12-10(14)5-3-4-6-11(15)16/h6-9,11-18,23-27,30-31,39-40,51H,10,19-22,28-29,32H2,1-5H3,(H,53,59);7-9H,3-6H2,1-2H3,(H,12,14)(H,15,16). The fourth-order valence-electron chi connectivity index (χ4n) is 9.25. The molecule has 0 saturated heterocycles. The number of amides is 3. The first kappa shape index (κ1) is 61.4. The van der Waals surface area contributed by atoms with Crippen LogP contribution in [0.1, 0.15) is 83.4 Å². The lowest BCUT2D eigenvalue weighted by Gasteiger charge is -2.31. The molecule has 3 amide bonds. The minimum atomic E-state index is -0.853. The van der Waals surface area contributed by atoms with Crippen molar-refractivity contribution in [3.8, 4) is 23.0 Å². The smallest absolute Gasteiger partial charge is 0.414 e. The average molecular weight is 1110 g/mol. The zero-order valence-corrected chi connectivity index (χ0v) is 47.0. The fraction of sp³-hybridized carbons (Fsp3) is 0.377. The number of aliphatic imine (C=N–C) groups is 1. The number of aliphatic carboxylic acids is 1. The van der Waals surface area contributed by atoms with Gasteiger partial charge in [-0.05, 0) is 91.7 Å². The summed E-state index contributed by atoms with van der Waals surface area (Å²) in [6.45, 7) is 4.42. The average Bonchev–Trinajstić information content (AvgIpc) is 4.00. The third-order valence-corrected chi connectivity index (χ3v) is 13.8. The zero-order chi connectivity index (χ0) is 58.4. The molecular weight excluding hydrogens is 1040 g/mol. The first-order chi connectivity index (χ1) is 39.1. The van der Waals surface area contributed by atoms with Crippen molar-refractivity contribution < 1.29 is 62.4 Å². The van der Waals surface area contributed by atoms with Crippen LogP contribution >= 0.6 is 0 Å². The summed E-state index contributed by atoms with van der Waals surface area (Å²) < 4.78 is 29.6. The molecule has 20 nitrogen and oxygen atoms in total. The Balaban J connectivity index is 0.000000574. The highest BCUT2D eigenvalue weighted by Crippen LogP contribution is 2.39. The van der Waals surface area contributed by atoms with E-state index in [-0.39, 0.29) is 81.1 Å². The van der Waals surface area contributed by atoms with E-state index in [0.717, 1.165) is 35.9 Å². The number of carbonyl (C=O) groups is 7. The van der Waals surface area contributed by atoms with Crippen molar-refractivity contribution >= 4 is 77.4 Å². The van der Waals surface area contributed by atoms with E-state index >= 15 is 0 Å². The number of hydrogen-bond donors (Lipinski definition) is 4. The molecule has 2 aliphatic rings. The maximum absolute atomic E-state index is 14.2. The van der Waals surface area contributed by atoms with Gasteiger partial charge in [-0.3, -0.25) is 33.9 Å². The summed E-state index contributed by atoms with van der Waals surface area (Å²) in [5.41, 5.74) is 7.26. The number of unbranched alkanes of at least 4 members (excludes halogenated alkanes) is 1. The number of carbonyl (C=O) groups excluding carboxylic acids is 6. The summed E-state index contributed by atoms with van der Waals surface area (Å²) in [4.78, 5) is 93.7. The van der Waals surface area contributed by atoms with E-state index in [1.54, 1.807) is 55.6 Å². The molecule has 0 aromatic heterocycles. The Morgan fingerprint density at radius 3 is 1.93 bits per heavy atom. The lowest BCUT2D eigenvalue weighted by atomic mass is 10.1. The van der Waals surface area contributed by atoms with E-state index < -0.39 is 18.1 Å². The van der Waals surface area contributed by atoms with Crippen molar-refractivity contribution in [2.75, 3.05) is 81.7 Å². The number of nitrogens with one attached hydrogen (secondary N) is 3. The maximum Gasteiger partial charge on any atom is 0.414 e. The summed E-state index contributed by atoms with van der Waals surface area (Å²) in [5.74, 6) is 0.271. The molecule has 0 saturated carbocycles. The molecule has 4 N–H and O–H groups in total. The number of carboxylic acids is 1. The molecular formula is C61H73N7O13. The Kier molecular flexibility index (Phi) is 23.2. The summed E-state index contributed by atoms with van der Waals surface area (Å²) in [5, 5.41) is 16.6. The molecule has 0 bridgehead atoms. The minimum Gasteiger partial charge on any atom is -0.493 e. The van der Waals surface area contributed by atoms with E-state index in [4.69, 9.17) is 33.8 Å². The summed E-state index contributed by atoms with van der Waals surface area (Å²) in [6, 6.07) is 29.3. The van der Waals surface area contributed by atoms with Gasteiger partial charge in [0.05, 0.1) is 63.5 Å². The molecule has 2 aliphatic heterocycles. The van der Waals surface area contributed by atoms with Crippen LogP contribution in [0.4, 0.5) is 33.2 Å². The van der Waals surface area contributed by atoms with Crippen molar-refractivity contribution in [2.45, 2.75) is 83.5 Å². The van der Waals surface area contributed by atoms with Gasteiger partial charge in [-0.25, -0.2) is 4.79 Å². The fourth-order valence-corrected chi connectivity index (χ4v) is 9.25. The molecule has 7 rings (SSSR count). The van der Waals surface area contributed by atoms with Crippen LogP contribution in [0.2, 0.25) is 0 Å². The first-order valence-corrected chi connectivity index (χ1v) is 26.8. The number of benzene rings is 5. The van der Waals surface area contributed by atoms with Crippen LogP contribution < -0.4 is 49.6 Å². The minimum absolute atomic E-state index is 0.0293. The SMILES string of the molecule is CC(C)C(C=O)NC(=O)CCCCC(=O)O.CNCC(=O)Nc1ccc(COC(=O)N(CC2Cc3ccccc3N2C)c2cc(OCCCOc3cc(N=CC4Cc5ccccc5N4C)c(C=O)cc3OC)c(OC)cc2C=O)cc1. The second-order valence-corrected chi connectivity index (χ2v) is 19.8. The molecule has 81 heavy (non-hydrogen) atoms. The number of methoxy groups -OCH3 is 2. The number of nitrogens with zero attached hydrogens (tertiary/aromatic N) is 4. The Morgan fingerprint density at radius 1 is 0.741 bits per heavy atom. The molecule has 0 aliphatic carbocycles. The number of para-hydroxylation sites is 2. The van der Waals surface area contributed by atoms with Gasteiger partial charge in [-0.1, -0.05) is 62.4 Å². The topological polar surface area (TPSA) is 244 Å². The second-order valence-electron chi connectivity index (χ2n) is 19.8. The predicted octanol–water partition coefficient (Wildman–Crippen LogP) is 8.27. The van der Waals surface area contributed by atoms with Gasteiger partial charge in [0, 0.05) is 86.4 Å². The predicted molar refractivity (Wildman–Crippen MR) is 311 cm³/mol. The molecule has 430 valence electrons. The highest BCUT2D eigenvalue weighted by molar-refractivity contribution is 5.97. The Morgan fingerprint density at radius 2 is 1.35 bits per heavy atom. The summed E-state index contributed by atoms with van der Waals surface area (Å²) in [7, 11) is 8.69. The van der Waals surface area contributed by atoms with Gasteiger partial charge in [0.15, 0.2) is 35.6 Å². The number of hydrogen-bond acceptors (Lipinski definition) is 16. The van der Waals surface area contributed by atoms with E-state index in [1.165, 1.54) is 24.7 Å². The largest absolute Gasteiger partial charge is 0.493 e. The number of carboxylic acid groups (broad SMARTS) is 1. The monoisotopic (exact) mass is 1110 g/mol. The lowest BCUT2D eigenvalue weighted by molar-refractivity contribution is -0.137. The van der Waals surface area contributed by atoms with Crippen molar-refractivity contribution in [3.05, 3.63) is 125 Å². The van der Waals surface area contributed by atoms with Crippen LogP contribution in [-0.2, 0) is 43.4 Å². The van der Waals surface area contributed by atoms with Gasteiger partial charge >= 0.3 is 12.1 Å². The van der Waals surface area contributed by atoms with Gasteiger partial charge in [-0.2, -0.15) is 0 Å². The highest BCUT2D eigenvalue weighted by atomic mass is 16.6. The summed E-state index contributed by atoms with van der Waals surface area (Å²) >= 11 is 0. The molecule has 3 unspecified atom stereocenters. The van der Waals surface area contributed by atoms with Crippen molar-refractivity contribution in [3.63, 3.8) is 0 Å². The van der Waals surface area contributed by atoms with Gasteiger partial charge in [0.25, 0.3) is 0 Å². The molecule has 3 atom stereocenters. The van der Waals surface area contributed by atoms with Gasteiger partial charge < -0.3 is 59.3 Å². The lowest BCUT2D eigenvalue weighted by Crippen LogP contribution is -2.44. The zero-order valence-electron chi connectivity index (χ0n) is 47.0. The number of ether oxygens (including phenoxy) is 5. The van der Waals surface area contributed by atoms with Crippen molar-refractivity contribution in [1.29, 1.82) is 0 Å². The number of aldehydes is 3. The van der Waals surface area contributed by atoms with Crippen LogP contribution in [0.25, 0.3) is 0 Å². The van der Waals surface area contributed by atoms with E-state index in [9.17, 15) is 33.6 Å². The third-order valence-electron chi connectivity index (χ3n) is 13.8. The Labute approximate surface area is 472 Å². The maximum atomic E-state index is 14.2. The van der Waals surface area contributed by atoms with Crippen LogP contribution in [0, 0.1) is 5.92 Å². The number of likely N-dealkylation sites (N-methyl/N-ethyl adjacent to an activating group) is 3. The normalized spacial score (nSPS) is 14.4. The number of anilines is 4. The summed E-state index contributed by atoms with van der Waals surface area (Å²) in [6.07, 6.45) is 6.60. The van der Waals surface area contributed by atoms with Crippen molar-refractivity contribution in [1.82, 2.24) is 10.6 Å². The molecule has 0 spiro atoms. The molecule has 5 aromatic carbocycles. The van der Waals surface area contributed by atoms with Crippen LogP contribution in [0.5, 0.6) is 23.0 Å². The Bertz CT molecular complexity index is 3000. The number of rotatable bonds is 28. The highest BCUT2D eigenvalue weighted by Gasteiger charge is 2.33. The first-order valence-electron chi connectivity index (χ1n) is 26.8. The molecule has 20 heteroatoms. The molecule has 0 radical (unpaired) electrons. The van der Waals surface area contributed by atoms with Gasteiger partial charge in [-0.15, -0.1) is 0 Å². The van der Waals surface area contributed by atoms with E-state index in [0.29, 0.717) is 83.2 Å². The molecule has 5 aromatic rings. The van der Waals surface area contributed by atoms with Crippen LogP contribution in [0.15, 0.2) is 102 Å². The van der Waals surface area contributed by atoms with Gasteiger partial charge in [0.2, 0.25) is 11.8 Å². The van der Waals surface area contributed by atoms with Gasteiger partial charge in [0.1, 0.15) is 12.9 Å². The third kappa shape index (κ3) is 17.1. The Hall–Kier alpha value is -8.78. The molecule has 0 fully saturated rings. The second kappa shape index (κ2) is 30.5. The quantitative estimate of drug-likeness (QED) is 0.0209.